The minimum atomic E-state index is -1.34. The number of hydrogen-bond acceptors (Lipinski definition) is 4. The molecule has 0 aliphatic rings. The van der Waals surface area contributed by atoms with Gasteiger partial charge in [0.1, 0.15) is 6.04 Å². The molecule has 0 aliphatic carbocycles. The van der Waals surface area contributed by atoms with Crippen LogP contribution < -0.4 is 5.11 Å². The lowest BCUT2D eigenvalue weighted by Crippen LogP contribution is -2.74. The van der Waals surface area contributed by atoms with E-state index in [1.807, 2.05) is 20.8 Å². The number of carbonyl (C=O) groups is 3. The summed E-state index contributed by atoms with van der Waals surface area (Å²) in [6.07, 6.45) is 15.8. The number of hydrogen-bond donors (Lipinski definition) is 2. The van der Waals surface area contributed by atoms with Crippen LogP contribution in [0.4, 0.5) is 0 Å². The van der Waals surface area contributed by atoms with Crippen LogP contribution in [-0.2, 0) is 14.4 Å². The molecule has 0 rings (SSSR count). The van der Waals surface area contributed by atoms with E-state index in [1.54, 1.807) is 0 Å². The van der Waals surface area contributed by atoms with Crippen molar-refractivity contribution >= 4 is 17.9 Å². The lowest BCUT2D eigenvalue weighted by molar-refractivity contribution is -0.975. The van der Waals surface area contributed by atoms with Crippen LogP contribution >= 0.6 is 0 Å². The second-order valence-corrected chi connectivity index (χ2v) is 9.80. The highest BCUT2D eigenvalue weighted by molar-refractivity contribution is 5.77. The Hall–Kier alpha value is -1.89. The molecule has 204 valence electrons. The molecular formula is C28H51NO6. The van der Waals surface area contributed by atoms with Gasteiger partial charge in [0.2, 0.25) is 0 Å². The SMILES string of the molecule is CCCC/C=C/CCCCCCC[N+](C(CCC)C(=O)[O-])(C(CCC)C(=O)O)C(CCC)C(=O)O. The first-order chi connectivity index (χ1) is 16.7. The molecule has 0 aromatic rings. The van der Waals surface area contributed by atoms with Gasteiger partial charge in [-0.15, -0.1) is 0 Å². The van der Waals surface area contributed by atoms with Gasteiger partial charge in [-0.3, -0.25) is 4.48 Å². The van der Waals surface area contributed by atoms with E-state index in [4.69, 9.17) is 0 Å². The Balaban J connectivity index is 5.74. The van der Waals surface area contributed by atoms with Crippen molar-refractivity contribution in [1.29, 1.82) is 0 Å². The third kappa shape index (κ3) is 11.1. The van der Waals surface area contributed by atoms with E-state index < -0.39 is 40.5 Å². The largest absolute Gasteiger partial charge is 0.544 e. The maximum Gasteiger partial charge on any atom is 0.362 e. The zero-order valence-electron chi connectivity index (χ0n) is 22.7. The quantitative estimate of drug-likeness (QED) is 0.112. The van der Waals surface area contributed by atoms with Gasteiger partial charge in [-0.1, -0.05) is 72.0 Å². The first-order valence-electron chi connectivity index (χ1n) is 13.9. The molecule has 3 unspecified atom stereocenters. The average molecular weight is 498 g/mol. The summed E-state index contributed by atoms with van der Waals surface area (Å²) in [6.45, 7) is 7.95. The molecule has 0 aliphatic heterocycles. The van der Waals surface area contributed by atoms with Crippen LogP contribution in [0, 0.1) is 0 Å². The van der Waals surface area contributed by atoms with E-state index in [2.05, 4.69) is 19.1 Å². The number of carbonyl (C=O) groups excluding carboxylic acids is 1. The zero-order valence-corrected chi connectivity index (χ0v) is 22.7. The minimum absolute atomic E-state index is 0.202. The van der Waals surface area contributed by atoms with Crippen molar-refractivity contribution in [3.63, 3.8) is 0 Å². The Morgan fingerprint density at radius 1 is 0.657 bits per heavy atom. The van der Waals surface area contributed by atoms with Gasteiger partial charge in [0, 0.05) is 19.3 Å². The lowest BCUT2D eigenvalue weighted by atomic mass is 9.91. The minimum Gasteiger partial charge on any atom is -0.544 e. The van der Waals surface area contributed by atoms with E-state index >= 15 is 0 Å². The maximum absolute atomic E-state index is 12.5. The first kappa shape index (κ1) is 33.1. The molecule has 0 fully saturated rings. The smallest absolute Gasteiger partial charge is 0.362 e. The van der Waals surface area contributed by atoms with Crippen LogP contribution in [0.15, 0.2) is 12.2 Å². The predicted octanol–water partition coefficient (Wildman–Crippen LogP) is 5.32. The molecule has 0 amide bonds. The number of quaternary nitrogens is 1. The number of carboxylic acid groups (broad SMARTS) is 3. The fourth-order valence-electron chi connectivity index (χ4n) is 5.37. The third-order valence-corrected chi connectivity index (χ3v) is 7.08. The van der Waals surface area contributed by atoms with E-state index in [0.29, 0.717) is 25.7 Å². The van der Waals surface area contributed by atoms with Crippen molar-refractivity contribution in [1.82, 2.24) is 0 Å². The highest BCUT2D eigenvalue weighted by Crippen LogP contribution is 2.34. The lowest BCUT2D eigenvalue weighted by Gasteiger charge is -2.52. The van der Waals surface area contributed by atoms with Gasteiger partial charge in [-0.2, -0.15) is 0 Å². The van der Waals surface area contributed by atoms with Crippen LogP contribution in [0.1, 0.15) is 124 Å². The molecule has 0 spiro atoms. The van der Waals surface area contributed by atoms with E-state index in [-0.39, 0.29) is 25.8 Å². The van der Waals surface area contributed by atoms with Gasteiger partial charge in [0.25, 0.3) is 0 Å². The Morgan fingerprint density at radius 3 is 1.51 bits per heavy atom. The number of aliphatic carboxylic acids is 3. The predicted molar refractivity (Wildman–Crippen MR) is 138 cm³/mol. The average Bonchev–Trinajstić information content (AvgIpc) is 2.81. The van der Waals surface area contributed by atoms with Crippen LogP contribution in [0.2, 0.25) is 0 Å². The molecule has 0 saturated carbocycles. The molecule has 35 heavy (non-hydrogen) atoms. The molecule has 0 saturated heterocycles. The molecule has 0 aromatic heterocycles. The molecule has 0 bridgehead atoms. The van der Waals surface area contributed by atoms with Crippen molar-refractivity contribution in [3.8, 4) is 0 Å². The van der Waals surface area contributed by atoms with Crippen LogP contribution in [0.5, 0.6) is 0 Å². The first-order valence-corrected chi connectivity index (χ1v) is 13.9. The number of nitrogens with zero attached hydrogens (tertiary/aromatic N) is 1. The van der Waals surface area contributed by atoms with Crippen molar-refractivity contribution in [3.05, 3.63) is 12.2 Å². The van der Waals surface area contributed by atoms with Gasteiger partial charge in [0.15, 0.2) is 12.1 Å². The molecule has 7 nitrogen and oxygen atoms in total. The summed E-state index contributed by atoms with van der Waals surface area (Å²) in [6, 6.07) is -3.33. The van der Waals surface area contributed by atoms with Gasteiger partial charge in [-0.25, -0.2) is 9.59 Å². The summed E-state index contributed by atoms with van der Waals surface area (Å²) in [5.41, 5.74) is 0. The summed E-state index contributed by atoms with van der Waals surface area (Å²) in [5, 5.41) is 32.8. The fraction of sp³-hybridized carbons (Fsp3) is 0.821. The highest BCUT2D eigenvalue weighted by Gasteiger charge is 2.54. The maximum atomic E-state index is 12.5. The summed E-state index contributed by atoms with van der Waals surface area (Å²) in [7, 11) is 0. The number of unbranched alkanes of at least 4 members (excludes halogenated alkanes) is 7. The van der Waals surface area contributed by atoms with Crippen LogP contribution in [0.25, 0.3) is 0 Å². The van der Waals surface area contributed by atoms with Gasteiger partial charge in [-0.05, 0) is 44.9 Å². The zero-order chi connectivity index (χ0) is 26.7. The molecule has 0 radical (unpaired) electrons. The fourth-order valence-corrected chi connectivity index (χ4v) is 5.37. The third-order valence-electron chi connectivity index (χ3n) is 7.08. The highest BCUT2D eigenvalue weighted by atomic mass is 16.4. The summed E-state index contributed by atoms with van der Waals surface area (Å²) < 4.78 is -0.442. The van der Waals surface area contributed by atoms with E-state index in [9.17, 15) is 29.7 Å². The van der Waals surface area contributed by atoms with Crippen molar-refractivity contribution < 1.29 is 34.2 Å². The molecular weight excluding hydrogens is 446 g/mol. The van der Waals surface area contributed by atoms with Crippen molar-refractivity contribution in [2.75, 3.05) is 6.54 Å². The topological polar surface area (TPSA) is 115 Å². The Morgan fingerprint density at radius 2 is 1.09 bits per heavy atom. The molecule has 0 heterocycles. The standard InChI is InChI=1S/C28H51NO6/c1-5-9-10-11-12-13-14-15-16-17-18-22-29(23(19-6-2)26(30)31,24(20-7-3)27(32)33)25(21-8-4)28(34)35/h11-12,23-25H,5-10,13-22H2,1-4H3,(H2-,30,31,32,33,34,35)/b12-11+. The molecule has 2 N–H and O–H groups in total. The Kier molecular flexibility index (Phi) is 18.3. The second kappa shape index (κ2) is 19.3. The molecule has 7 heteroatoms. The second-order valence-electron chi connectivity index (χ2n) is 9.80. The summed E-state index contributed by atoms with van der Waals surface area (Å²) in [5.74, 6) is -3.58. The number of allylic oxidation sites excluding steroid dienone is 2. The summed E-state index contributed by atoms with van der Waals surface area (Å²) in [4.78, 5) is 37.3. The van der Waals surface area contributed by atoms with Gasteiger partial charge < -0.3 is 20.1 Å². The van der Waals surface area contributed by atoms with Gasteiger partial charge in [0.05, 0.1) is 12.5 Å². The Bertz CT molecular complexity index is 573. The van der Waals surface area contributed by atoms with Gasteiger partial charge >= 0.3 is 11.9 Å². The number of carboxylic acids is 3. The van der Waals surface area contributed by atoms with E-state index in [1.165, 1.54) is 12.8 Å². The van der Waals surface area contributed by atoms with Crippen LogP contribution in [-0.4, -0.2) is 57.3 Å². The monoisotopic (exact) mass is 497 g/mol. The normalized spacial score (nSPS) is 16.0. The Labute approximate surface area is 213 Å². The van der Waals surface area contributed by atoms with Crippen molar-refractivity contribution in [2.24, 2.45) is 0 Å². The molecule has 3 atom stereocenters. The van der Waals surface area contributed by atoms with E-state index in [0.717, 1.165) is 38.5 Å². The van der Waals surface area contributed by atoms with Crippen LogP contribution in [0.3, 0.4) is 0 Å². The number of rotatable bonds is 23. The molecule has 0 aromatic carbocycles. The van der Waals surface area contributed by atoms with Crippen molar-refractivity contribution in [2.45, 2.75) is 142 Å². The summed E-state index contributed by atoms with van der Waals surface area (Å²) >= 11 is 0.